The Bertz CT molecular complexity index is 431. The zero-order valence-electron chi connectivity index (χ0n) is 12.6. The topological polar surface area (TPSA) is 83.6 Å². The minimum atomic E-state index is -0.845. The van der Waals surface area contributed by atoms with Crippen LogP contribution >= 0.6 is 0 Å². The number of carbonyl (C=O) groups excluding carboxylic acids is 1. The van der Waals surface area contributed by atoms with Gasteiger partial charge in [0.05, 0.1) is 5.41 Å². The Morgan fingerprint density at radius 3 is 2.43 bits per heavy atom. The van der Waals surface area contributed by atoms with Gasteiger partial charge in [0.2, 0.25) is 5.91 Å². The quantitative estimate of drug-likeness (QED) is 0.830. The predicted molar refractivity (Wildman–Crippen MR) is 78.6 cm³/mol. The minimum absolute atomic E-state index is 0.0318. The van der Waals surface area contributed by atoms with Crippen molar-refractivity contribution in [2.45, 2.75) is 69.9 Å². The second-order valence-electron chi connectivity index (χ2n) is 7.11. The summed E-state index contributed by atoms with van der Waals surface area (Å²) in [6, 6.07) is -0.494. The van der Waals surface area contributed by atoms with E-state index in [1.807, 2.05) is 0 Å². The molecule has 0 aromatic rings. The highest BCUT2D eigenvalue weighted by Gasteiger charge is 2.53. The molecule has 1 aliphatic heterocycles. The highest BCUT2D eigenvalue weighted by molar-refractivity contribution is 5.89. The second kappa shape index (κ2) is 5.59. The van der Waals surface area contributed by atoms with Gasteiger partial charge in [0, 0.05) is 12.6 Å². The molecular formula is C16H26N2O3. The van der Waals surface area contributed by atoms with E-state index in [1.54, 1.807) is 4.90 Å². The van der Waals surface area contributed by atoms with Crippen molar-refractivity contribution in [2.75, 3.05) is 6.54 Å². The van der Waals surface area contributed by atoms with Gasteiger partial charge < -0.3 is 15.7 Å². The van der Waals surface area contributed by atoms with Crippen molar-refractivity contribution in [2.24, 2.45) is 17.1 Å². The molecule has 5 nitrogen and oxygen atoms in total. The number of nitrogens with zero attached hydrogens (tertiary/aromatic N) is 1. The number of likely N-dealkylation sites (tertiary alicyclic amines) is 1. The Hall–Kier alpha value is -1.10. The van der Waals surface area contributed by atoms with E-state index >= 15 is 0 Å². The molecule has 0 spiro atoms. The third kappa shape index (κ3) is 2.35. The van der Waals surface area contributed by atoms with Crippen LogP contribution in [-0.4, -0.2) is 40.5 Å². The lowest BCUT2D eigenvalue weighted by Gasteiger charge is -2.39. The number of hydrogen-bond acceptors (Lipinski definition) is 3. The number of carboxylic acid groups (broad SMARTS) is 1. The molecule has 0 aromatic carbocycles. The summed E-state index contributed by atoms with van der Waals surface area (Å²) in [5.41, 5.74) is 5.45. The summed E-state index contributed by atoms with van der Waals surface area (Å²) in [4.78, 5) is 26.5. The molecular weight excluding hydrogens is 268 g/mol. The Balaban J connectivity index is 1.89. The second-order valence-corrected chi connectivity index (χ2v) is 7.11. The van der Waals surface area contributed by atoms with Crippen LogP contribution in [0.1, 0.15) is 57.8 Å². The average Bonchev–Trinajstić information content (AvgIpc) is 3.11. The van der Waals surface area contributed by atoms with E-state index in [0.717, 1.165) is 51.4 Å². The third-order valence-electron chi connectivity index (χ3n) is 6.01. The van der Waals surface area contributed by atoms with E-state index in [-0.39, 0.29) is 11.9 Å². The van der Waals surface area contributed by atoms with Gasteiger partial charge >= 0.3 is 5.97 Å². The van der Waals surface area contributed by atoms with Crippen LogP contribution in [0.5, 0.6) is 0 Å². The maximum Gasteiger partial charge on any atom is 0.326 e. The predicted octanol–water partition coefficient (Wildman–Crippen LogP) is 1.75. The van der Waals surface area contributed by atoms with Gasteiger partial charge in [-0.3, -0.25) is 4.79 Å². The van der Waals surface area contributed by atoms with Gasteiger partial charge in [0.25, 0.3) is 0 Å². The number of rotatable bonds is 3. The number of carboxylic acids is 1. The number of nitrogens with two attached hydrogens (primary N) is 1. The molecule has 5 heteroatoms. The van der Waals surface area contributed by atoms with Crippen LogP contribution in [0.3, 0.4) is 0 Å². The summed E-state index contributed by atoms with van der Waals surface area (Å²) in [6.07, 6.45) is 8.63. The standard InChI is InChI=1S/C16H26N2O3/c17-10-16(7-3-4-8-16)15(21)18-12-6-2-1-5-11(12)9-13(18)14(19)20/h11-13H,1-10,17H2,(H,19,20). The molecule has 3 unspecified atom stereocenters. The summed E-state index contributed by atoms with van der Waals surface area (Å²) >= 11 is 0. The highest BCUT2D eigenvalue weighted by atomic mass is 16.4. The van der Waals surface area contributed by atoms with Crippen molar-refractivity contribution in [1.82, 2.24) is 4.90 Å². The third-order valence-corrected chi connectivity index (χ3v) is 6.01. The van der Waals surface area contributed by atoms with Crippen LogP contribution in [0.2, 0.25) is 0 Å². The van der Waals surface area contributed by atoms with Gasteiger partial charge in [0.1, 0.15) is 6.04 Å². The van der Waals surface area contributed by atoms with Crippen LogP contribution in [0.15, 0.2) is 0 Å². The Morgan fingerprint density at radius 1 is 1.14 bits per heavy atom. The fourth-order valence-electron chi connectivity index (χ4n) is 4.80. The fraction of sp³-hybridized carbons (Fsp3) is 0.875. The van der Waals surface area contributed by atoms with Crippen LogP contribution in [0.25, 0.3) is 0 Å². The molecule has 21 heavy (non-hydrogen) atoms. The first-order valence-electron chi connectivity index (χ1n) is 8.35. The zero-order valence-corrected chi connectivity index (χ0v) is 12.6. The molecule has 0 aromatic heterocycles. The molecule has 1 saturated heterocycles. The Kier molecular flexibility index (Phi) is 3.95. The molecule has 3 fully saturated rings. The molecule has 3 rings (SSSR count). The van der Waals surface area contributed by atoms with E-state index in [4.69, 9.17) is 5.73 Å². The van der Waals surface area contributed by atoms with Crippen LogP contribution in [0, 0.1) is 11.3 Å². The molecule has 0 radical (unpaired) electrons. The summed E-state index contributed by atoms with van der Waals surface area (Å²) in [5.74, 6) is -0.438. The minimum Gasteiger partial charge on any atom is -0.480 e. The lowest BCUT2D eigenvalue weighted by molar-refractivity contribution is -0.155. The van der Waals surface area contributed by atoms with E-state index in [0.29, 0.717) is 18.9 Å². The van der Waals surface area contributed by atoms with Gasteiger partial charge in [0.15, 0.2) is 0 Å². The van der Waals surface area contributed by atoms with Gasteiger partial charge in [-0.2, -0.15) is 0 Å². The highest BCUT2D eigenvalue weighted by Crippen LogP contribution is 2.45. The van der Waals surface area contributed by atoms with Crippen molar-refractivity contribution in [3.8, 4) is 0 Å². The number of amides is 1. The average molecular weight is 294 g/mol. The fourth-order valence-corrected chi connectivity index (χ4v) is 4.80. The van der Waals surface area contributed by atoms with Crippen molar-refractivity contribution in [3.05, 3.63) is 0 Å². The summed E-state index contributed by atoms with van der Waals surface area (Å²) < 4.78 is 0. The first kappa shape index (κ1) is 14.8. The molecule has 1 heterocycles. The maximum atomic E-state index is 13.2. The molecule has 2 saturated carbocycles. The summed E-state index contributed by atoms with van der Waals surface area (Å²) in [7, 11) is 0. The largest absolute Gasteiger partial charge is 0.480 e. The van der Waals surface area contributed by atoms with E-state index in [1.165, 1.54) is 0 Å². The van der Waals surface area contributed by atoms with Crippen molar-refractivity contribution < 1.29 is 14.7 Å². The SMILES string of the molecule is NCC1(C(=O)N2C(C(=O)O)CC3CCCCC32)CCCC1. The Morgan fingerprint density at radius 2 is 1.81 bits per heavy atom. The van der Waals surface area contributed by atoms with Crippen LogP contribution < -0.4 is 5.73 Å². The number of fused-ring (bicyclic) bond motifs is 1. The van der Waals surface area contributed by atoms with Gasteiger partial charge in [-0.25, -0.2) is 4.79 Å². The Labute approximate surface area is 125 Å². The monoisotopic (exact) mass is 294 g/mol. The first-order valence-corrected chi connectivity index (χ1v) is 8.35. The van der Waals surface area contributed by atoms with Crippen LogP contribution in [0.4, 0.5) is 0 Å². The van der Waals surface area contributed by atoms with Gasteiger partial charge in [-0.1, -0.05) is 25.7 Å². The molecule has 0 bridgehead atoms. The molecule has 3 N–H and O–H groups in total. The lowest BCUT2D eigenvalue weighted by Crippen LogP contribution is -2.54. The van der Waals surface area contributed by atoms with E-state index in [9.17, 15) is 14.7 Å². The summed E-state index contributed by atoms with van der Waals surface area (Å²) in [6.45, 7) is 0.353. The number of aliphatic carboxylic acids is 1. The van der Waals surface area contributed by atoms with Gasteiger partial charge in [-0.15, -0.1) is 0 Å². The van der Waals surface area contributed by atoms with Crippen LogP contribution in [-0.2, 0) is 9.59 Å². The molecule has 3 atom stereocenters. The smallest absolute Gasteiger partial charge is 0.326 e. The normalized spacial score (nSPS) is 34.7. The van der Waals surface area contributed by atoms with E-state index < -0.39 is 17.4 Å². The zero-order chi connectivity index (χ0) is 15.0. The van der Waals surface area contributed by atoms with Gasteiger partial charge in [-0.05, 0) is 38.0 Å². The van der Waals surface area contributed by atoms with Crippen molar-refractivity contribution >= 4 is 11.9 Å². The lowest BCUT2D eigenvalue weighted by atomic mass is 9.82. The number of carbonyl (C=O) groups is 2. The maximum absolute atomic E-state index is 13.2. The van der Waals surface area contributed by atoms with Crippen molar-refractivity contribution in [3.63, 3.8) is 0 Å². The molecule has 1 amide bonds. The first-order chi connectivity index (χ1) is 10.1. The van der Waals surface area contributed by atoms with E-state index in [2.05, 4.69) is 0 Å². The van der Waals surface area contributed by atoms with Crippen molar-refractivity contribution in [1.29, 1.82) is 0 Å². The number of hydrogen-bond donors (Lipinski definition) is 2. The molecule has 3 aliphatic rings. The summed E-state index contributed by atoms with van der Waals surface area (Å²) in [5, 5.41) is 9.55. The molecule has 118 valence electrons. The molecule has 2 aliphatic carbocycles.